The zero-order valence-electron chi connectivity index (χ0n) is 12.9. The summed E-state index contributed by atoms with van der Waals surface area (Å²) in [6.07, 6.45) is 7.31. The van der Waals surface area contributed by atoms with Crippen molar-refractivity contribution in [2.24, 2.45) is 5.73 Å². The molecule has 0 bridgehead atoms. The second kappa shape index (κ2) is 6.22. The molecule has 1 heterocycles. The number of nitrogens with two attached hydrogens (primary N) is 1. The molecular weight excluding hydrogens is 254 g/mol. The molecule has 1 aliphatic rings. The first-order chi connectivity index (χ1) is 9.54. The van der Waals surface area contributed by atoms with Crippen LogP contribution in [-0.2, 0) is 15.9 Å². The molecule has 0 radical (unpaired) electrons. The molecule has 0 aliphatic heterocycles. The van der Waals surface area contributed by atoms with Crippen molar-refractivity contribution in [2.75, 3.05) is 6.61 Å². The zero-order chi connectivity index (χ0) is 14.6. The fraction of sp³-hybridized carbons (Fsp3) is 0.867. The van der Waals surface area contributed by atoms with Gasteiger partial charge in [0.1, 0.15) is 5.60 Å². The van der Waals surface area contributed by atoms with Gasteiger partial charge in [-0.15, -0.1) is 0 Å². The molecule has 2 rings (SSSR count). The molecule has 0 saturated heterocycles. The topological polar surface area (TPSA) is 74.2 Å². The van der Waals surface area contributed by atoms with Crippen molar-refractivity contribution in [1.82, 2.24) is 10.1 Å². The molecule has 5 heteroatoms. The van der Waals surface area contributed by atoms with Crippen molar-refractivity contribution in [1.29, 1.82) is 0 Å². The van der Waals surface area contributed by atoms with E-state index in [2.05, 4.69) is 17.1 Å². The molecule has 0 aromatic carbocycles. The Morgan fingerprint density at radius 1 is 1.30 bits per heavy atom. The lowest BCUT2D eigenvalue weighted by atomic mass is 9.84. The lowest BCUT2D eigenvalue weighted by molar-refractivity contribution is -0.0777. The summed E-state index contributed by atoms with van der Waals surface area (Å²) in [4.78, 5) is 4.59. The van der Waals surface area contributed by atoms with E-state index in [0.29, 0.717) is 18.3 Å². The van der Waals surface area contributed by atoms with E-state index in [-0.39, 0.29) is 5.60 Å². The summed E-state index contributed by atoms with van der Waals surface area (Å²) in [5.41, 5.74) is 5.35. The summed E-state index contributed by atoms with van der Waals surface area (Å²) in [5.74, 6) is 1.21. The van der Waals surface area contributed by atoms with Crippen LogP contribution in [0.15, 0.2) is 4.52 Å². The van der Waals surface area contributed by atoms with Crippen LogP contribution in [0.2, 0.25) is 0 Å². The summed E-state index contributed by atoms with van der Waals surface area (Å²) < 4.78 is 11.5. The highest BCUT2D eigenvalue weighted by atomic mass is 16.5. The van der Waals surface area contributed by atoms with E-state index in [4.69, 9.17) is 15.0 Å². The summed E-state index contributed by atoms with van der Waals surface area (Å²) >= 11 is 0. The van der Waals surface area contributed by atoms with Gasteiger partial charge >= 0.3 is 0 Å². The predicted molar refractivity (Wildman–Crippen MR) is 77.1 cm³/mol. The fourth-order valence-electron chi connectivity index (χ4n) is 3.10. The highest BCUT2D eigenvalue weighted by Gasteiger charge is 2.40. The average molecular weight is 281 g/mol. The van der Waals surface area contributed by atoms with E-state index in [9.17, 15) is 0 Å². The largest absolute Gasteiger partial charge is 0.367 e. The van der Waals surface area contributed by atoms with Gasteiger partial charge in [0.2, 0.25) is 11.7 Å². The Morgan fingerprint density at radius 3 is 2.60 bits per heavy atom. The van der Waals surface area contributed by atoms with Gasteiger partial charge in [-0.05, 0) is 33.1 Å². The third kappa shape index (κ3) is 3.04. The molecule has 114 valence electrons. The quantitative estimate of drug-likeness (QED) is 0.866. The van der Waals surface area contributed by atoms with E-state index in [1.54, 1.807) is 0 Å². The van der Waals surface area contributed by atoms with Crippen molar-refractivity contribution >= 4 is 0 Å². The van der Waals surface area contributed by atoms with Crippen LogP contribution >= 0.6 is 0 Å². The van der Waals surface area contributed by atoms with Crippen LogP contribution in [-0.4, -0.2) is 16.7 Å². The van der Waals surface area contributed by atoms with E-state index in [0.717, 1.165) is 38.5 Å². The Labute approximate surface area is 121 Å². The van der Waals surface area contributed by atoms with Gasteiger partial charge in [-0.25, -0.2) is 0 Å². The number of hydrogen-bond acceptors (Lipinski definition) is 5. The maximum atomic E-state index is 6.27. The monoisotopic (exact) mass is 281 g/mol. The fourth-order valence-corrected chi connectivity index (χ4v) is 3.10. The normalized spacial score (nSPS) is 21.6. The van der Waals surface area contributed by atoms with Crippen LogP contribution in [0.25, 0.3) is 0 Å². The van der Waals surface area contributed by atoms with Gasteiger partial charge in [-0.1, -0.05) is 37.8 Å². The second-order valence-electron chi connectivity index (χ2n) is 6.08. The van der Waals surface area contributed by atoms with Crippen molar-refractivity contribution in [2.45, 2.75) is 76.9 Å². The zero-order valence-corrected chi connectivity index (χ0v) is 12.9. The Kier molecular flexibility index (Phi) is 4.81. The minimum Gasteiger partial charge on any atom is -0.367 e. The number of nitrogens with zero attached hydrogens (tertiary/aromatic N) is 2. The molecule has 1 aliphatic carbocycles. The molecule has 1 unspecified atom stereocenters. The van der Waals surface area contributed by atoms with Crippen molar-refractivity contribution < 1.29 is 9.26 Å². The van der Waals surface area contributed by atoms with Gasteiger partial charge in [-0.3, -0.25) is 0 Å². The number of rotatable bonds is 6. The molecule has 1 aromatic heterocycles. The molecule has 0 spiro atoms. The van der Waals surface area contributed by atoms with Crippen molar-refractivity contribution in [3.05, 3.63) is 11.7 Å². The van der Waals surface area contributed by atoms with Gasteiger partial charge in [0.25, 0.3) is 0 Å². The van der Waals surface area contributed by atoms with Crippen molar-refractivity contribution in [3.8, 4) is 0 Å². The maximum Gasteiger partial charge on any atom is 0.246 e. The van der Waals surface area contributed by atoms with E-state index in [1.165, 1.54) is 6.42 Å². The summed E-state index contributed by atoms with van der Waals surface area (Å²) in [5, 5.41) is 4.19. The van der Waals surface area contributed by atoms with Gasteiger partial charge in [0.15, 0.2) is 0 Å². The van der Waals surface area contributed by atoms with Crippen LogP contribution in [0, 0.1) is 0 Å². The van der Waals surface area contributed by atoms with Crippen LogP contribution in [0.1, 0.15) is 77.4 Å². The van der Waals surface area contributed by atoms with E-state index in [1.807, 2.05) is 13.8 Å². The smallest absolute Gasteiger partial charge is 0.246 e. The van der Waals surface area contributed by atoms with Crippen LogP contribution in [0.3, 0.4) is 0 Å². The molecule has 1 saturated carbocycles. The molecule has 5 nitrogen and oxygen atoms in total. The first kappa shape index (κ1) is 15.4. The lowest BCUT2D eigenvalue weighted by Gasteiger charge is -2.34. The molecule has 0 amide bonds. The maximum absolute atomic E-state index is 6.27. The standard InChI is InChI=1S/C15H27N3O2/c1-4-9-14(3,16)13-17-12(18-20-13)15(19-5-2)10-7-6-8-11-15/h4-11,16H2,1-3H3. The molecule has 1 fully saturated rings. The molecular formula is C15H27N3O2. The van der Waals surface area contributed by atoms with E-state index >= 15 is 0 Å². The second-order valence-corrected chi connectivity index (χ2v) is 6.08. The first-order valence-electron chi connectivity index (χ1n) is 7.81. The Morgan fingerprint density at radius 2 is 2.00 bits per heavy atom. The summed E-state index contributed by atoms with van der Waals surface area (Å²) in [7, 11) is 0. The third-order valence-electron chi connectivity index (χ3n) is 4.17. The number of hydrogen-bond donors (Lipinski definition) is 1. The van der Waals surface area contributed by atoms with Gasteiger partial charge in [0.05, 0.1) is 5.54 Å². The van der Waals surface area contributed by atoms with Gasteiger partial charge < -0.3 is 15.0 Å². The minimum atomic E-state index is -0.554. The molecule has 2 N–H and O–H groups in total. The Bertz CT molecular complexity index is 417. The van der Waals surface area contributed by atoms with Gasteiger partial charge in [0, 0.05) is 6.61 Å². The lowest BCUT2D eigenvalue weighted by Crippen LogP contribution is -2.35. The number of aromatic nitrogens is 2. The first-order valence-corrected chi connectivity index (χ1v) is 7.81. The van der Waals surface area contributed by atoms with Crippen LogP contribution in [0.5, 0.6) is 0 Å². The molecule has 1 aromatic rings. The summed E-state index contributed by atoms with van der Waals surface area (Å²) in [6, 6.07) is 0. The minimum absolute atomic E-state index is 0.364. The highest BCUT2D eigenvalue weighted by Crippen LogP contribution is 2.39. The SMILES string of the molecule is CCCC(C)(N)c1nc(C2(OCC)CCCCC2)no1. The van der Waals surface area contributed by atoms with E-state index < -0.39 is 5.54 Å². The highest BCUT2D eigenvalue weighted by molar-refractivity contribution is 5.07. The Hall–Kier alpha value is -0.940. The predicted octanol–water partition coefficient (Wildman–Crippen LogP) is 3.24. The number of ether oxygens (including phenoxy) is 1. The Balaban J connectivity index is 2.25. The van der Waals surface area contributed by atoms with Crippen molar-refractivity contribution in [3.63, 3.8) is 0 Å². The average Bonchev–Trinajstić information content (AvgIpc) is 2.91. The molecule has 1 atom stereocenters. The third-order valence-corrected chi connectivity index (χ3v) is 4.17. The van der Waals surface area contributed by atoms with Crippen LogP contribution < -0.4 is 5.73 Å². The molecule has 20 heavy (non-hydrogen) atoms. The van der Waals surface area contributed by atoms with Crippen LogP contribution in [0.4, 0.5) is 0 Å². The summed E-state index contributed by atoms with van der Waals surface area (Å²) in [6.45, 7) is 6.73. The van der Waals surface area contributed by atoms with Gasteiger partial charge in [-0.2, -0.15) is 4.98 Å².